The van der Waals surface area contributed by atoms with Crippen LogP contribution < -0.4 is 10.9 Å². The second-order valence-electron chi connectivity index (χ2n) is 13.0. The maximum absolute atomic E-state index is 13.5. The van der Waals surface area contributed by atoms with Crippen molar-refractivity contribution >= 4 is 5.91 Å². The zero-order chi connectivity index (χ0) is 28.5. The number of aromatic amines is 1. The summed E-state index contributed by atoms with van der Waals surface area (Å²) < 4.78 is 0. The number of aliphatic hydroxyl groups is 1. The molecule has 1 saturated heterocycles. The molecular formula is C34H39N3O4. The molecule has 7 nitrogen and oxygen atoms in total. The first-order valence-electron chi connectivity index (χ1n) is 15.1. The van der Waals surface area contributed by atoms with Crippen LogP contribution in [0.5, 0.6) is 5.75 Å². The van der Waals surface area contributed by atoms with E-state index in [1.807, 2.05) is 36.4 Å². The predicted octanol–water partition coefficient (Wildman–Crippen LogP) is 3.93. The van der Waals surface area contributed by atoms with Crippen molar-refractivity contribution in [2.75, 3.05) is 13.1 Å². The van der Waals surface area contributed by atoms with Crippen LogP contribution in [-0.4, -0.2) is 51.2 Å². The van der Waals surface area contributed by atoms with Crippen LogP contribution in [0.25, 0.3) is 0 Å². The van der Waals surface area contributed by atoms with E-state index in [-0.39, 0.29) is 22.6 Å². The number of phenolic OH excluding ortho intramolecular Hbond substituents is 1. The number of phenols is 1. The van der Waals surface area contributed by atoms with Gasteiger partial charge in [0.2, 0.25) is 0 Å². The van der Waals surface area contributed by atoms with Gasteiger partial charge in [0.05, 0.1) is 12.1 Å². The second-order valence-corrected chi connectivity index (χ2v) is 13.0. The lowest BCUT2D eigenvalue weighted by molar-refractivity contribution is 0.0246. The number of rotatable bonds is 5. The molecule has 2 heterocycles. The lowest BCUT2D eigenvalue weighted by atomic mass is 9.55. The Morgan fingerprint density at radius 2 is 1.93 bits per heavy atom. The van der Waals surface area contributed by atoms with Crippen LogP contribution in [0.2, 0.25) is 0 Å². The van der Waals surface area contributed by atoms with Gasteiger partial charge in [0.1, 0.15) is 11.3 Å². The van der Waals surface area contributed by atoms with Crippen molar-refractivity contribution in [1.29, 1.82) is 0 Å². The number of carbonyl (C=O) groups excluding carboxylic acids is 1. The maximum Gasteiger partial charge on any atom is 0.261 e. The highest BCUT2D eigenvalue weighted by molar-refractivity contribution is 5.94. The topological polar surface area (TPSA) is 106 Å². The Bertz CT molecular complexity index is 1580. The molecule has 2 fully saturated rings. The normalized spacial score (nSPS) is 29.0. The van der Waals surface area contributed by atoms with Gasteiger partial charge in [-0.3, -0.25) is 9.59 Å². The Morgan fingerprint density at radius 1 is 1.12 bits per heavy atom. The molecule has 7 rings (SSSR count). The van der Waals surface area contributed by atoms with E-state index in [9.17, 15) is 19.8 Å². The van der Waals surface area contributed by atoms with Crippen LogP contribution in [0.1, 0.15) is 76.1 Å². The number of likely N-dealkylation sites (tertiary alicyclic amines) is 1. The molecule has 7 heteroatoms. The number of amides is 1. The second kappa shape index (κ2) is 9.85. The summed E-state index contributed by atoms with van der Waals surface area (Å²) in [5.41, 5.74) is 5.64. The number of carbonyl (C=O) groups is 1. The number of piperidine rings is 1. The van der Waals surface area contributed by atoms with Crippen molar-refractivity contribution in [3.05, 3.63) is 98.0 Å². The smallest absolute Gasteiger partial charge is 0.261 e. The summed E-state index contributed by atoms with van der Waals surface area (Å²) in [4.78, 5) is 32.6. The number of fused-ring (bicyclic) bond motifs is 3. The van der Waals surface area contributed by atoms with Crippen molar-refractivity contribution in [2.45, 2.75) is 76.0 Å². The van der Waals surface area contributed by atoms with Crippen LogP contribution in [-0.2, 0) is 24.7 Å². The summed E-state index contributed by atoms with van der Waals surface area (Å²) in [7, 11) is 0. The van der Waals surface area contributed by atoms with Gasteiger partial charge in [-0.1, -0.05) is 30.3 Å². The minimum Gasteiger partial charge on any atom is -0.508 e. The van der Waals surface area contributed by atoms with E-state index in [0.29, 0.717) is 18.9 Å². The molecule has 3 aliphatic carbocycles. The number of benzene rings is 2. The summed E-state index contributed by atoms with van der Waals surface area (Å²) >= 11 is 0. The number of aromatic hydroxyl groups is 1. The van der Waals surface area contributed by atoms with Crippen molar-refractivity contribution in [1.82, 2.24) is 15.2 Å². The quantitative estimate of drug-likeness (QED) is 0.383. The van der Waals surface area contributed by atoms with Gasteiger partial charge < -0.3 is 25.4 Å². The molecule has 1 aliphatic heterocycles. The average molecular weight is 554 g/mol. The van der Waals surface area contributed by atoms with Gasteiger partial charge in [-0.05, 0) is 110 Å². The summed E-state index contributed by atoms with van der Waals surface area (Å²) in [6, 6.07) is 15.0. The number of aryl methyl sites for hydroxylation is 1. The largest absolute Gasteiger partial charge is 0.508 e. The van der Waals surface area contributed by atoms with E-state index in [0.717, 1.165) is 59.8 Å². The van der Waals surface area contributed by atoms with Gasteiger partial charge in [0, 0.05) is 30.1 Å². The molecule has 0 radical (unpaired) electrons. The van der Waals surface area contributed by atoms with E-state index < -0.39 is 23.6 Å². The third kappa shape index (κ3) is 4.50. The standard InChI is InChI=1S/C34H39N3O4/c1-19-7-10-24(38)16-27(19)34-11-12-37(18-21-8-9-21)20(2)28(34)14-23-13-26(32(40)35-29(23)17-34)33(41)36-31-25-6-4-3-5-22(25)15-30(31)39/h3-7,10,13,16,20-21,28,30-31,38-39H,8-9,11-12,14-15,17-18H2,1-2H3,(H,35,40)(H,36,41)/t20-,28+,30?,31+,34-/m1/s1. The molecule has 2 aromatic carbocycles. The van der Waals surface area contributed by atoms with Crippen molar-refractivity contribution in [3.63, 3.8) is 0 Å². The number of hydrogen-bond acceptors (Lipinski definition) is 5. The Hall–Kier alpha value is -3.42. The molecular weight excluding hydrogens is 514 g/mol. The molecule has 4 N–H and O–H groups in total. The monoisotopic (exact) mass is 553 g/mol. The third-order valence-electron chi connectivity index (χ3n) is 10.5. The number of hydrogen-bond donors (Lipinski definition) is 4. The Morgan fingerprint density at radius 3 is 2.73 bits per heavy atom. The van der Waals surface area contributed by atoms with Crippen LogP contribution >= 0.6 is 0 Å². The zero-order valence-corrected chi connectivity index (χ0v) is 23.8. The van der Waals surface area contributed by atoms with Gasteiger partial charge in [-0.25, -0.2) is 0 Å². The molecule has 1 amide bonds. The molecule has 41 heavy (non-hydrogen) atoms. The highest BCUT2D eigenvalue weighted by Crippen LogP contribution is 2.51. The number of aromatic nitrogens is 1. The SMILES string of the molecule is Cc1ccc(O)cc1[C@]12CCN(CC3CC3)[C@H](C)[C@@H]1Cc1cc(C(=O)N[C@H]3c4ccccc4CC3O)c(=O)[nH]c1C2. The van der Waals surface area contributed by atoms with Crippen LogP contribution in [0.15, 0.2) is 53.3 Å². The first-order valence-corrected chi connectivity index (χ1v) is 15.1. The Kier molecular flexibility index (Phi) is 6.36. The van der Waals surface area contributed by atoms with E-state index >= 15 is 0 Å². The van der Waals surface area contributed by atoms with Gasteiger partial charge in [-0.2, -0.15) is 0 Å². The first-order chi connectivity index (χ1) is 19.7. The molecule has 0 bridgehead atoms. The number of H-pyrrole nitrogens is 1. The number of aliphatic hydroxyl groups excluding tert-OH is 1. The minimum absolute atomic E-state index is 0.0969. The van der Waals surface area contributed by atoms with Crippen LogP contribution in [0.3, 0.4) is 0 Å². The lowest BCUT2D eigenvalue weighted by Gasteiger charge is -2.55. The number of nitrogens with zero attached hydrogens (tertiary/aromatic N) is 1. The van der Waals surface area contributed by atoms with E-state index in [4.69, 9.17) is 0 Å². The molecule has 0 spiro atoms. The highest BCUT2D eigenvalue weighted by atomic mass is 16.3. The van der Waals surface area contributed by atoms with Gasteiger partial charge in [-0.15, -0.1) is 0 Å². The molecule has 214 valence electrons. The van der Waals surface area contributed by atoms with E-state index in [1.165, 1.54) is 18.4 Å². The molecule has 4 aliphatic rings. The van der Waals surface area contributed by atoms with E-state index in [1.54, 1.807) is 12.1 Å². The number of nitrogens with one attached hydrogen (secondary N) is 2. The van der Waals surface area contributed by atoms with Gasteiger partial charge >= 0.3 is 0 Å². The Labute approximate surface area is 240 Å². The Balaban J connectivity index is 1.24. The fourth-order valence-corrected chi connectivity index (χ4v) is 8.14. The summed E-state index contributed by atoms with van der Waals surface area (Å²) in [5, 5.41) is 24.1. The zero-order valence-electron chi connectivity index (χ0n) is 23.8. The number of pyridine rings is 1. The maximum atomic E-state index is 13.5. The third-order valence-corrected chi connectivity index (χ3v) is 10.5. The summed E-state index contributed by atoms with van der Waals surface area (Å²) in [6.45, 7) is 6.57. The summed E-state index contributed by atoms with van der Waals surface area (Å²) in [5.74, 6) is 0.885. The molecule has 1 saturated carbocycles. The molecule has 3 aromatic rings. The highest BCUT2D eigenvalue weighted by Gasteiger charge is 2.52. The van der Waals surface area contributed by atoms with Crippen molar-refractivity contribution < 1.29 is 15.0 Å². The van der Waals surface area contributed by atoms with Crippen LogP contribution in [0.4, 0.5) is 0 Å². The van der Waals surface area contributed by atoms with Gasteiger partial charge in [0.15, 0.2) is 0 Å². The molecule has 1 aromatic heterocycles. The fraction of sp³-hybridized carbons (Fsp3) is 0.471. The fourth-order valence-electron chi connectivity index (χ4n) is 8.14. The minimum atomic E-state index is -0.722. The first kappa shape index (κ1) is 26.5. The van der Waals surface area contributed by atoms with Crippen molar-refractivity contribution in [2.24, 2.45) is 11.8 Å². The summed E-state index contributed by atoms with van der Waals surface area (Å²) in [6.07, 6.45) is 4.76. The van der Waals surface area contributed by atoms with E-state index in [2.05, 4.69) is 29.0 Å². The predicted molar refractivity (Wildman–Crippen MR) is 157 cm³/mol. The average Bonchev–Trinajstić information content (AvgIpc) is 3.72. The molecule has 5 atom stereocenters. The lowest BCUT2D eigenvalue weighted by Crippen LogP contribution is -2.59. The van der Waals surface area contributed by atoms with Crippen molar-refractivity contribution in [3.8, 4) is 5.75 Å². The molecule has 1 unspecified atom stereocenters. The van der Waals surface area contributed by atoms with Gasteiger partial charge in [0.25, 0.3) is 11.5 Å². The van der Waals surface area contributed by atoms with Crippen LogP contribution in [0, 0.1) is 18.8 Å².